The Kier molecular flexibility index (Phi) is 8.13. The number of benzene rings is 1. The van der Waals surface area contributed by atoms with Crippen LogP contribution in [0.2, 0.25) is 0 Å². The van der Waals surface area contributed by atoms with Gasteiger partial charge in [0.05, 0.1) is 20.0 Å². The average molecular weight is 291 g/mol. The zero-order valence-corrected chi connectivity index (χ0v) is 12.2. The third-order valence-corrected chi connectivity index (χ3v) is 2.95. The highest BCUT2D eigenvalue weighted by atomic mass is 32.2. The molecule has 1 aromatic carbocycles. The first-order chi connectivity index (χ1) is 8.84. The fourth-order valence-corrected chi connectivity index (χ4v) is 1.74. The SMILES string of the molecule is COc1ccc(C)cc1OC.NCCCS(=O)(=O)O. The Morgan fingerprint density at radius 1 is 1.21 bits per heavy atom. The van der Waals surface area contributed by atoms with Crippen molar-refractivity contribution in [3.05, 3.63) is 23.8 Å². The Balaban J connectivity index is 0.000000362. The van der Waals surface area contributed by atoms with Crippen LogP contribution in [-0.2, 0) is 10.1 Å². The molecule has 0 bridgehead atoms. The summed E-state index contributed by atoms with van der Waals surface area (Å²) in [4.78, 5) is 0. The Hall–Kier alpha value is -1.31. The number of hydrogen-bond donors (Lipinski definition) is 2. The smallest absolute Gasteiger partial charge is 0.264 e. The molecular weight excluding hydrogens is 270 g/mol. The van der Waals surface area contributed by atoms with Crippen molar-refractivity contribution in [1.82, 2.24) is 0 Å². The lowest BCUT2D eigenvalue weighted by Gasteiger charge is -2.06. The van der Waals surface area contributed by atoms with Crippen LogP contribution in [0.4, 0.5) is 0 Å². The van der Waals surface area contributed by atoms with Crippen LogP contribution in [0.25, 0.3) is 0 Å². The number of ether oxygens (including phenoxy) is 2. The summed E-state index contributed by atoms with van der Waals surface area (Å²) < 4.78 is 38.0. The molecule has 110 valence electrons. The molecule has 1 rings (SSSR count). The van der Waals surface area contributed by atoms with E-state index < -0.39 is 10.1 Å². The Morgan fingerprint density at radius 3 is 2.16 bits per heavy atom. The van der Waals surface area contributed by atoms with Crippen LogP contribution in [0.5, 0.6) is 11.5 Å². The molecule has 19 heavy (non-hydrogen) atoms. The van der Waals surface area contributed by atoms with Gasteiger partial charge in [0.25, 0.3) is 10.1 Å². The second kappa shape index (κ2) is 8.73. The maximum Gasteiger partial charge on any atom is 0.264 e. The quantitative estimate of drug-likeness (QED) is 0.792. The Morgan fingerprint density at radius 2 is 1.79 bits per heavy atom. The lowest BCUT2D eigenvalue weighted by atomic mass is 10.2. The molecule has 1 aromatic rings. The van der Waals surface area contributed by atoms with Gasteiger partial charge >= 0.3 is 0 Å². The fourth-order valence-electron chi connectivity index (χ4n) is 1.21. The zero-order valence-electron chi connectivity index (χ0n) is 11.4. The van der Waals surface area contributed by atoms with Gasteiger partial charge in [0.1, 0.15) is 0 Å². The largest absolute Gasteiger partial charge is 0.493 e. The van der Waals surface area contributed by atoms with E-state index in [1.54, 1.807) is 14.2 Å². The van der Waals surface area contributed by atoms with Crippen LogP contribution in [0, 0.1) is 6.92 Å². The van der Waals surface area contributed by atoms with Gasteiger partial charge in [0.15, 0.2) is 11.5 Å². The first-order valence-electron chi connectivity index (χ1n) is 5.68. The van der Waals surface area contributed by atoms with Crippen molar-refractivity contribution in [2.24, 2.45) is 5.73 Å². The maximum atomic E-state index is 9.89. The van der Waals surface area contributed by atoms with Crippen molar-refractivity contribution < 1.29 is 22.4 Å². The van der Waals surface area contributed by atoms with Gasteiger partial charge in [0, 0.05) is 0 Å². The van der Waals surface area contributed by atoms with Crippen LogP contribution >= 0.6 is 0 Å². The van der Waals surface area contributed by atoms with Gasteiger partial charge in [-0.25, -0.2) is 0 Å². The lowest BCUT2D eigenvalue weighted by molar-refractivity contribution is 0.354. The summed E-state index contributed by atoms with van der Waals surface area (Å²) in [6, 6.07) is 5.83. The van der Waals surface area contributed by atoms with E-state index in [0.29, 0.717) is 13.0 Å². The summed E-state index contributed by atoms with van der Waals surface area (Å²) in [6.07, 6.45) is 0.318. The zero-order chi connectivity index (χ0) is 14.9. The minimum absolute atomic E-state index is 0.233. The summed E-state index contributed by atoms with van der Waals surface area (Å²) in [5.74, 6) is 1.33. The van der Waals surface area contributed by atoms with Gasteiger partial charge in [-0.15, -0.1) is 0 Å². The van der Waals surface area contributed by atoms with Crippen LogP contribution < -0.4 is 15.2 Å². The second-order valence-electron chi connectivity index (χ2n) is 3.79. The van der Waals surface area contributed by atoms with E-state index >= 15 is 0 Å². The van der Waals surface area contributed by atoms with Crippen molar-refractivity contribution in [1.29, 1.82) is 0 Å². The average Bonchev–Trinajstić information content (AvgIpc) is 2.36. The summed E-state index contributed by atoms with van der Waals surface area (Å²) in [6.45, 7) is 2.31. The molecule has 0 saturated carbocycles. The molecule has 6 nitrogen and oxygen atoms in total. The molecule has 0 amide bonds. The van der Waals surface area contributed by atoms with Crippen molar-refractivity contribution in [3.8, 4) is 11.5 Å². The van der Waals surface area contributed by atoms with Crippen molar-refractivity contribution in [2.45, 2.75) is 13.3 Å². The molecular formula is C12H21NO5S. The summed E-state index contributed by atoms with van der Waals surface area (Å²) in [5.41, 5.74) is 6.13. The summed E-state index contributed by atoms with van der Waals surface area (Å²) in [5, 5.41) is 0. The summed E-state index contributed by atoms with van der Waals surface area (Å²) >= 11 is 0. The van der Waals surface area contributed by atoms with E-state index in [4.69, 9.17) is 19.8 Å². The molecule has 0 spiro atoms. The number of nitrogens with two attached hydrogens (primary N) is 1. The van der Waals surface area contributed by atoms with Crippen molar-refractivity contribution in [2.75, 3.05) is 26.5 Å². The van der Waals surface area contributed by atoms with Gasteiger partial charge in [-0.05, 0) is 37.6 Å². The number of hydrogen-bond acceptors (Lipinski definition) is 5. The number of rotatable bonds is 5. The topological polar surface area (TPSA) is 98.9 Å². The predicted molar refractivity (Wildman–Crippen MR) is 74.4 cm³/mol. The van der Waals surface area contributed by atoms with E-state index in [-0.39, 0.29) is 5.75 Å². The van der Waals surface area contributed by atoms with Gasteiger partial charge in [-0.3, -0.25) is 4.55 Å². The van der Waals surface area contributed by atoms with Crippen molar-refractivity contribution >= 4 is 10.1 Å². The van der Waals surface area contributed by atoms with Crippen molar-refractivity contribution in [3.63, 3.8) is 0 Å². The highest BCUT2D eigenvalue weighted by Gasteiger charge is 2.01. The molecule has 0 atom stereocenters. The fraction of sp³-hybridized carbons (Fsp3) is 0.500. The van der Waals surface area contributed by atoms with Crippen LogP contribution in [0.1, 0.15) is 12.0 Å². The van der Waals surface area contributed by atoms with Gasteiger partial charge in [-0.2, -0.15) is 8.42 Å². The second-order valence-corrected chi connectivity index (χ2v) is 5.36. The van der Waals surface area contributed by atoms with Crippen LogP contribution in [0.15, 0.2) is 18.2 Å². The van der Waals surface area contributed by atoms with Crippen LogP contribution in [0.3, 0.4) is 0 Å². The third-order valence-electron chi connectivity index (χ3n) is 2.15. The Labute approximate surface area is 114 Å². The van der Waals surface area contributed by atoms with E-state index in [9.17, 15) is 8.42 Å². The lowest BCUT2D eigenvalue weighted by Crippen LogP contribution is -2.09. The minimum Gasteiger partial charge on any atom is -0.493 e. The normalized spacial score (nSPS) is 10.4. The summed E-state index contributed by atoms with van der Waals surface area (Å²) in [7, 11) is -0.498. The van der Waals surface area contributed by atoms with Gasteiger partial charge < -0.3 is 15.2 Å². The number of aryl methyl sites for hydroxylation is 1. The van der Waals surface area contributed by atoms with Gasteiger partial charge in [0.2, 0.25) is 0 Å². The third kappa shape index (κ3) is 8.41. The first kappa shape index (κ1) is 17.7. The molecule has 0 radical (unpaired) electrons. The molecule has 0 unspecified atom stereocenters. The van der Waals surface area contributed by atoms with Crippen LogP contribution in [-0.4, -0.2) is 39.5 Å². The predicted octanol–water partition coefficient (Wildman–Crippen LogP) is 1.24. The molecule has 0 aromatic heterocycles. The van der Waals surface area contributed by atoms with E-state index in [2.05, 4.69) is 0 Å². The molecule has 0 aliphatic carbocycles. The monoisotopic (exact) mass is 291 g/mol. The minimum atomic E-state index is -3.77. The first-order valence-corrected chi connectivity index (χ1v) is 7.28. The molecule has 3 N–H and O–H groups in total. The molecule has 7 heteroatoms. The van der Waals surface area contributed by atoms with E-state index in [1.807, 2.05) is 25.1 Å². The van der Waals surface area contributed by atoms with Gasteiger partial charge in [-0.1, -0.05) is 6.07 Å². The molecule has 0 fully saturated rings. The maximum absolute atomic E-state index is 9.89. The molecule has 0 aliphatic rings. The highest BCUT2D eigenvalue weighted by molar-refractivity contribution is 7.85. The molecule has 0 saturated heterocycles. The Bertz CT molecular complexity index is 473. The molecule has 0 heterocycles. The standard InChI is InChI=1S/C9H12O2.C3H9NO3S/c1-7-4-5-8(10-2)9(6-7)11-3;4-2-1-3-8(5,6)7/h4-6H,1-3H3;1-4H2,(H,5,6,7). The molecule has 0 aliphatic heterocycles. The number of methoxy groups -OCH3 is 2. The van der Waals surface area contributed by atoms with E-state index in [0.717, 1.165) is 11.5 Å². The van der Waals surface area contributed by atoms with E-state index in [1.165, 1.54) is 5.56 Å². The highest BCUT2D eigenvalue weighted by Crippen LogP contribution is 2.26.